The van der Waals surface area contributed by atoms with Gasteiger partial charge in [-0.3, -0.25) is 0 Å². The lowest BCUT2D eigenvalue weighted by Crippen LogP contribution is -2.33. The summed E-state index contributed by atoms with van der Waals surface area (Å²) < 4.78 is 6.96. The summed E-state index contributed by atoms with van der Waals surface area (Å²) in [5.74, 6) is 3.25. The van der Waals surface area contributed by atoms with Crippen molar-refractivity contribution in [3.63, 3.8) is 0 Å². The van der Waals surface area contributed by atoms with E-state index in [4.69, 9.17) is 14.7 Å². The molecule has 0 bridgehead atoms. The zero-order valence-corrected chi connectivity index (χ0v) is 31.4. The van der Waals surface area contributed by atoms with Crippen LogP contribution >= 0.6 is 0 Å². The highest BCUT2D eigenvalue weighted by Crippen LogP contribution is 2.63. The number of amidine groups is 2. The molecule has 0 saturated carbocycles. The maximum Gasteiger partial charge on any atom is 0.159 e. The van der Waals surface area contributed by atoms with Gasteiger partial charge in [-0.25, -0.2) is 9.98 Å². The minimum Gasteiger partial charge on any atom is -0.456 e. The summed E-state index contributed by atoms with van der Waals surface area (Å²) in [7, 11) is 0. The molecule has 3 aliphatic rings. The highest BCUT2D eigenvalue weighted by molar-refractivity contribution is 6.22. The number of aliphatic imine (C=N–C) groups is 2. The minimum atomic E-state index is -0.512. The van der Waals surface area contributed by atoms with Gasteiger partial charge in [-0.1, -0.05) is 188 Å². The van der Waals surface area contributed by atoms with Gasteiger partial charge in [0.25, 0.3) is 0 Å². The molecule has 0 amide bonds. The van der Waals surface area contributed by atoms with Crippen LogP contribution < -0.4 is 10.1 Å². The third-order valence-electron chi connectivity index (χ3n) is 12.2. The molecule has 1 N–H and O–H groups in total. The summed E-state index contributed by atoms with van der Waals surface area (Å²) in [4.78, 5) is 10.5. The molecule has 1 unspecified atom stereocenters. The van der Waals surface area contributed by atoms with Gasteiger partial charge in [0.05, 0.1) is 5.41 Å². The lowest BCUT2D eigenvalue weighted by molar-refractivity contribution is 0.438. The number of hydrogen-bond acceptors (Lipinski definition) is 4. The highest BCUT2D eigenvalue weighted by Gasteiger charge is 2.51. The zero-order valence-electron chi connectivity index (χ0n) is 31.4. The van der Waals surface area contributed by atoms with Crippen molar-refractivity contribution >= 4 is 33.2 Å². The number of nitrogens with one attached hydrogen (secondary N) is 1. The molecule has 272 valence electrons. The van der Waals surface area contributed by atoms with Gasteiger partial charge in [0.15, 0.2) is 5.84 Å². The van der Waals surface area contributed by atoms with E-state index in [1.165, 1.54) is 38.4 Å². The first-order valence-corrected chi connectivity index (χ1v) is 19.9. The average Bonchev–Trinajstić information content (AvgIpc) is 3.59. The summed E-state index contributed by atoms with van der Waals surface area (Å²) in [6.45, 7) is 0. The van der Waals surface area contributed by atoms with Crippen LogP contribution in [0.15, 0.2) is 210 Å². The van der Waals surface area contributed by atoms with Crippen LogP contribution in [0.2, 0.25) is 0 Å². The van der Waals surface area contributed by atoms with Crippen LogP contribution in [0, 0.1) is 0 Å². The molecule has 58 heavy (non-hydrogen) atoms. The van der Waals surface area contributed by atoms with E-state index in [0.29, 0.717) is 5.84 Å². The van der Waals surface area contributed by atoms with Crippen molar-refractivity contribution in [2.24, 2.45) is 9.98 Å². The molecule has 2 heterocycles. The van der Waals surface area contributed by atoms with Gasteiger partial charge >= 0.3 is 0 Å². The highest BCUT2D eigenvalue weighted by atomic mass is 16.5. The quantitative estimate of drug-likeness (QED) is 0.183. The maximum atomic E-state index is 6.96. The predicted octanol–water partition coefficient (Wildman–Crippen LogP) is 12.6. The van der Waals surface area contributed by atoms with E-state index in [-0.39, 0.29) is 6.17 Å². The summed E-state index contributed by atoms with van der Waals surface area (Å²) in [6, 6.07) is 71.3. The topological polar surface area (TPSA) is 46.0 Å². The molecule has 2 aliphatic heterocycles. The number of nitrogens with zero attached hydrogens (tertiary/aromatic N) is 2. The smallest absolute Gasteiger partial charge is 0.159 e. The van der Waals surface area contributed by atoms with Gasteiger partial charge in [-0.2, -0.15) is 0 Å². The van der Waals surface area contributed by atoms with Crippen molar-refractivity contribution < 1.29 is 4.74 Å². The van der Waals surface area contributed by atoms with Crippen LogP contribution in [-0.2, 0) is 5.41 Å². The molecule has 0 fully saturated rings. The standard InChI is InChI=1S/C54H35N3O/c1-2-15-35(16-3-1)51-55-52(57-53(56-51)44-33-37-17-4-5-18-38(37)40-19-6-7-20-41(40)44)36-31-29-34(30-32-36)39-23-14-27-48-50(39)58-49-28-13-12-26-47(49)54(48)45-24-10-8-21-42(45)43-22-9-11-25-46(43)54/h1-33,51H,(H,55,56,57). The predicted molar refractivity (Wildman–Crippen MR) is 236 cm³/mol. The van der Waals surface area contributed by atoms with E-state index >= 15 is 0 Å². The largest absolute Gasteiger partial charge is 0.456 e. The minimum absolute atomic E-state index is 0.309. The first-order chi connectivity index (χ1) is 28.8. The van der Waals surface area contributed by atoms with Gasteiger partial charge in [0, 0.05) is 27.8 Å². The number of benzene rings is 9. The fourth-order valence-corrected chi connectivity index (χ4v) is 9.68. The molecule has 0 saturated heterocycles. The molecule has 1 atom stereocenters. The second-order valence-electron chi connectivity index (χ2n) is 15.3. The first-order valence-electron chi connectivity index (χ1n) is 19.9. The summed E-state index contributed by atoms with van der Waals surface area (Å²) in [6.07, 6.45) is -0.309. The Morgan fingerprint density at radius 3 is 1.81 bits per heavy atom. The van der Waals surface area contributed by atoms with E-state index in [9.17, 15) is 0 Å². The molecule has 12 rings (SSSR count). The zero-order chi connectivity index (χ0) is 38.2. The van der Waals surface area contributed by atoms with E-state index in [1.807, 2.05) is 6.07 Å². The second kappa shape index (κ2) is 12.7. The number of para-hydroxylation sites is 2. The monoisotopic (exact) mass is 741 g/mol. The van der Waals surface area contributed by atoms with E-state index in [1.54, 1.807) is 0 Å². The number of hydrogen-bond donors (Lipinski definition) is 1. The fraction of sp³-hybridized carbons (Fsp3) is 0.0370. The van der Waals surface area contributed by atoms with Crippen LogP contribution in [0.25, 0.3) is 43.8 Å². The lowest BCUT2D eigenvalue weighted by Gasteiger charge is -2.40. The van der Waals surface area contributed by atoms with Gasteiger partial charge in [-0.05, 0) is 67.1 Å². The Labute approximate surface area is 336 Å². The van der Waals surface area contributed by atoms with Gasteiger partial charge < -0.3 is 10.1 Å². The summed E-state index contributed by atoms with van der Waals surface area (Å²) in [5, 5.41) is 8.46. The Morgan fingerprint density at radius 1 is 0.448 bits per heavy atom. The number of rotatable bonds is 4. The summed E-state index contributed by atoms with van der Waals surface area (Å²) >= 11 is 0. The van der Waals surface area contributed by atoms with Gasteiger partial charge in [0.1, 0.15) is 23.5 Å². The molecular weight excluding hydrogens is 707 g/mol. The van der Waals surface area contributed by atoms with Crippen LogP contribution in [0.3, 0.4) is 0 Å². The number of fused-ring (bicyclic) bond motifs is 12. The Balaban J connectivity index is 0.998. The third-order valence-corrected chi connectivity index (χ3v) is 12.2. The van der Waals surface area contributed by atoms with E-state index in [0.717, 1.165) is 61.7 Å². The molecule has 9 aromatic rings. The van der Waals surface area contributed by atoms with Crippen LogP contribution in [-0.4, -0.2) is 11.7 Å². The van der Waals surface area contributed by atoms with E-state index < -0.39 is 5.41 Å². The van der Waals surface area contributed by atoms with Crippen LogP contribution in [0.1, 0.15) is 45.1 Å². The van der Waals surface area contributed by atoms with Crippen molar-refractivity contribution in [2.45, 2.75) is 11.6 Å². The van der Waals surface area contributed by atoms with Crippen molar-refractivity contribution in [3.05, 3.63) is 239 Å². The van der Waals surface area contributed by atoms with Crippen molar-refractivity contribution in [1.29, 1.82) is 0 Å². The van der Waals surface area contributed by atoms with Gasteiger partial charge in [-0.15, -0.1) is 0 Å². The SMILES string of the molecule is c1ccc(C2N=C(c3ccc(-c4cccc5c4Oc4ccccc4C54c5ccccc5-c5ccccc54)cc3)N=C(c3cc4ccccc4c4ccccc34)N2)cc1. The number of ether oxygens (including phenoxy) is 1. The third kappa shape index (κ3) is 4.75. The maximum absolute atomic E-state index is 6.96. The normalized spacial score (nSPS) is 15.7. The Morgan fingerprint density at radius 2 is 1.03 bits per heavy atom. The Bertz CT molecular complexity index is 3140. The molecule has 9 aromatic carbocycles. The van der Waals surface area contributed by atoms with Gasteiger partial charge in [0.2, 0.25) is 0 Å². The molecule has 1 spiro atoms. The lowest BCUT2D eigenvalue weighted by atomic mass is 9.65. The first kappa shape index (κ1) is 32.7. The molecule has 0 aromatic heterocycles. The Kier molecular flexibility index (Phi) is 7.17. The van der Waals surface area contributed by atoms with Crippen LogP contribution in [0.4, 0.5) is 0 Å². The Hall–Kier alpha value is -7.56. The van der Waals surface area contributed by atoms with Crippen molar-refractivity contribution in [2.75, 3.05) is 0 Å². The molecule has 0 radical (unpaired) electrons. The van der Waals surface area contributed by atoms with E-state index in [2.05, 4.69) is 199 Å². The van der Waals surface area contributed by atoms with Crippen molar-refractivity contribution in [1.82, 2.24) is 5.32 Å². The molecule has 1 aliphatic carbocycles. The average molecular weight is 742 g/mol. The summed E-state index contributed by atoms with van der Waals surface area (Å²) in [5.41, 5.74) is 12.1. The molecule has 4 nitrogen and oxygen atoms in total. The molecular formula is C54H35N3O. The molecule has 4 heteroatoms. The van der Waals surface area contributed by atoms with Crippen LogP contribution in [0.5, 0.6) is 11.5 Å². The van der Waals surface area contributed by atoms with Crippen molar-refractivity contribution in [3.8, 4) is 33.8 Å². The fourth-order valence-electron chi connectivity index (χ4n) is 9.68. The second-order valence-corrected chi connectivity index (χ2v) is 15.3.